The van der Waals surface area contributed by atoms with E-state index in [9.17, 15) is 9.59 Å². The molecule has 2 heterocycles. The van der Waals surface area contributed by atoms with Crippen LogP contribution in [-0.4, -0.2) is 15.9 Å². The second-order valence-corrected chi connectivity index (χ2v) is 4.91. The highest BCUT2D eigenvalue weighted by Crippen LogP contribution is 2.25. The number of carbonyl (C=O) groups excluding carboxylic acids is 1. The number of thiazole rings is 1. The van der Waals surface area contributed by atoms with Crippen LogP contribution in [0.4, 0.5) is 5.13 Å². The maximum Gasteiger partial charge on any atom is 0.257 e. The molecule has 6 heteroatoms. The molecule has 2 aromatic heterocycles. The molecule has 3 rings (SSSR count). The lowest BCUT2D eigenvalue weighted by atomic mass is 10.2. The second-order valence-electron chi connectivity index (χ2n) is 3.88. The monoisotopic (exact) mass is 271 g/mol. The van der Waals surface area contributed by atoms with Gasteiger partial charge in [-0.2, -0.15) is 0 Å². The van der Waals surface area contributed by atoms with Crippen LogP contribution in [-0.2, 0) is 0 Å². The average molecular weight is 271 g/mol. The molecule has 0 aliphatic carbocycles. The molecule has 0 saturated carbocycles. The summed E-state index contributed by atoms with van der Waals surface area (Å²) in [5.41, 5.74) is 0.841. The number of fused-ring (bicyclic) bond motifs is 1. The van der Waals surface area contributed by atoms with E-state index >= 15 is 0 Å². The molecule has 0 spiro atoms. The van der Waals surface area contributed by atoms with Crippen LogP contribution in [0.3, 0.4) is 0 Å². The summed E-state index contributed by atoms with van der Waals surface area (Å²) in [5, 5.41) is 3.21. The molecule has 3 aromatic rings. The number of nitrogens with zero attached hydrogens (tertiary/aromatic N) is 1. The summed E-state index contributed by atoms with van der Waals surface area (Å²) < 4.78 is 1.00. The summed E-state index contributed by atoms with van der Waals surface area (Å²) in [6, 6.07) is 10.4. The van der Waals surface area contributed by atoms with E-state index in [-0.39, 0.29) is 11.5 Å². The number of aromatic amines is 1. The number of nitrogens with one attached hydrogen (secondary N) is 2. The van der Waals surface area contributed by atoms with Gasteiger partial charge in [0.25, 0.3) is 5.91 Å². The summed E-state index contributed by atoms with van der Waals surface area (Å²) in [6.45, 7) is 0. The minimum absolute atomic E-state index is 0.308. The van der Waals surface area contributed by atoms with Gasteiger partial charge in [-0.3, -0.25) is 14.9 Å². The molecule has 0 aliphatic heterocycles. The molecular formula is C13H9N3O2S. The molecule has 2 N–H and O–H groups in total. The van der Waals surface area contributed by atoms with Crippen LogP contribution in [0.5, 0.6) is 0 Å². The summed E-state index contributed by atoms with van der Waals surface area (Å²) in [6.07, 6.45) is 1.44. The maximum absolute atomic E-state index is 11.9. The van der Waals surface area contributed by atoms with Gasteiger partial charge in [0.2, 0.25) is 5.56 Å². The maximum atomic E-state index is 11.9. The first-order valence-electron chi connectivity index (χ1n) is 5.58. The first kappa shape index (κ1) is 11.6. The topological polar surface area (TPSA) is 74.8 Å². The molecule has 94 valence electrons. The normalized spacial score (nSPS) is 10.5. The molecule has 0 saturated heterocycles. The number of hydrogen-bond acceptors (Lipinski definition) is 4. The Bertz CT molecular complexity index is 774. The molecule has 0 aliphatic rings. The van der Waals surface area contributed by atoms with Gasteiger partial charge in [-0.1, -0.05) is 23.5 Å². The third-order valence-electron chi connectivity index (χ3n) is 2.55. The molecule has 1 aromatic carbocycles. The van der Waals surface area contributed by atoms with Crippen molar-refractivity contribution in [3.63, 3.8) is 0 Å². The molecule has 0 fully saturated rings. The van der Waals surface area contributed by atoms with E-state index in [2.05, 4.69) is 15.3 Å². The number of rotatable bonds is 2. The van der Waals surface area contributed by atoms with Crippen molar-refractivity contribution in [1.82, 2.24) is 9.97 Å². The van der Waals surface area contributed by atoms with Gasteiger partial charge in [0.05, 0.1) is 10.2 Å². The average Bonchev–Trinajstić information content (AvgIpc) is 2.80. The van der Waals surface area contributed by atoms with E-state index in [4.69, 9.17) is 0 Å². The van der Waals surface area contributed by atoms with Crippen molar-refractivity contribution in [3.8, 4) is 0 Å². The van der Waals surface area contributed by atoms with Crippen LogP contribution in [0.1, 0.15) is 10.4 Å². The van der Waals surface area contributed by atoms with Crippen LogP contribution < -0.4 is 10.9 Å². The van der Waals surface area contributed by atoms with E-state index in [1.165, 1.54) is 23.6 Å². The van der Waals surface area contributed by atoms with Crippen LogP contribution in [0.25, 0.3) is 10.2 Å². The van der Waals surface area contributed by atoms with Crippen LogP contribution in [0, 0.1) is 0 Å². The fraction of sp³-hybridized carbons (Fsp3) is 0. The SMILES string of the molecule is O=C(Nc1nc2ccccc2s1)c1cc[nH]c(=O)c1. The third-order valence-corrected chi connectivity index (χ3v) is 3.50. The van der Waals surface area contributed by atoms with Crippen molar-refractivity contribution in [2.45, 2.75) is 0 Å². The molecule has 0 bridgehead atoms. The highest BCUT2D eigenvalue weighted by molar-refractivity contribution is 7.22. The second kappa shape index (κ2) is 4.66. The van der Waals surface area contributed by atoms with Crippen molar-refractivity contribution < 1.29 is 4.79 Å². The fourth-order valence-corrected chi connectivity index (χ4v) is 2.54. The van der Waals surface area contributed by atoms with Crippen molar-refractivity contribution in [2.24, 2.45) is 0 Å². The molecule has 0 unspecified atom stereocenters. The van der Waals surface area contributed by atoms with E-state index in [0.29, 0.717) is 10.7 Å². The molecular weight excluding hydrogens is 262 g/mol. The number of aromatic nitrogens is 2. The lowest BCUT2D eigenvalue weighted by molar-refractivity contribution is 0.102. The zero-order valence-corrected chi connectivity index (χ0v) is 10.5. The molecule has 19 heavy (non-hydrogen) atoms. The summed E-state index contributed by atoms with van der Waals surface area (Å²) in [7, 11) is 0. The lowest BCUT2D eigenvalue weighted by Gasteiger charge is -1.99. The largest absolute Gasteiger partial charge is 0.329 e. The zero-order chi connectivity index (χ0) is 13.2. The number of H-pyrrole nitrogens is 1. The number of carbonyl (C=O) groups is 1. The van der Waals surface area contributed by atoms with Crippen LogP contribution >= 0.6 is 11.3 Å². The van der Waals surface area contributed by atoms with E-state index in [0.717, 1.165) is 10.2 Å². The number of benzene rings is 1. The van der Waals surface area contributed by atoms with Crippen molar-refractivity contribution in [1.29, 1.82) is 0 Å². The molecule has 0 atom stereocenters. The van der Waals surface area contributed by atoms with Crippen molar-refractivity contribution >= 4 is 32.6 Å². The van der Waals surface area contributed by atoms with Gasteiger partial charge in [0.1, 0.15) is 0 Å². The van der Waals surface area contributed by atoms with Gasteiger partial charge >= 0.3 is 0 Å². The van der Waals surface area contributed by atoms with E-state index in [1.807, 2.05) is 24.3 Å². The Balaban J connectivity index is 1.88. The van der Waals surface area contributed by atoms with E-state index < -0.39 is 0 Å². The van der Waals surface area contributed by atoms with E-state index in [1.54, 1.807) is 6.07 Å². The van der Waals surface area contributed by atoms with Crippen LogP contribution in [0.15, 0.2) is 47.4 Å². The number of hydrogen-bond donors (Lipinski definition) is 2. The minimum atomic E-state index is -0.342. The Morgan fingerprint density at radius 3 is 2.89 bits per heavy atom. The van der Waals surface area contributed by atoms with Gasteiger partial charge in [-0.25, -0.2) is 4.98 Å². The quantitative estimate of drug-likeness (QED) is 0.750. The standard InChI is InChI=1S/C13H9N3O2S/c17-11-7-8(5-6-14-11)12(18)16-13-15-9-3-1-2-4-10(9)19-13/h1-7H,(H,14,17)(H,15,16,18). The van der Waals surface area contributed by atoms with Gasteiger partial charge in [0.15, 0.2) is 5.13 Å². The molecule has 0 radical (unpaired) electrons. The summed E-state index contributed by atoms with van der Waals surface area (Å²) >= 11 is 1.40. The minimum Gasteiger partial charge on any atom is -0.329 e. The Morgan fingerprint density at radius 2 is 2.11 bits per heavy atom. The zero-order valence-electron chi connectivity index (χ0n) is 9.71. The van der Waals surface area contributed by atoms with Gasteiger partial charge in [-0.15, -0.1) is 0 Å². The Hall–Kier alpha value is -2.47. The summed E-state index contributed by atoms with van der Waals surface area (Å²) in [4.78, 5) is 29.8. The molecule has 1 amide bonds. The van der Waals surface area contributed by atoms with Gasteiger partial charge < -0.3 is 4.98 Å². The highest BCUT2D eigenvalue weighted by atomic mass is 32.1. The number of pyridine rings is 1. The van der Waals surface area contributed by atoms with Gasteiger partial charge in [-0.05, 0) is 18.2 Å². The highest BCUT2D eigenvalue weighted by Gasteiger charge is 2.09. The lowest BCUT2D eigenvalue weighted by Crippen LogP contribution is -2.15. The number of anilines is 1. The fourth-order valence-electron chi connectivity index (χ4n) is 1.68. The van der Waals surface area contributed by atoms with Gasteiger partial charge in [0, 0.05) is 17.8 Å². The molecule has 5 nitrogen and oxygen atoms in total. The van der Waals surface area contributed by atoms with Crippen LogP contribution in [0.2, 0.25) is 0 Å². The summed E-state index contributed by atoms with van der Waals surface area (Å²) in [5.74, 6) is -0.342. The number of para-hydroxylation sites is 1. The first-order valence-corrected chi connectivity index (χ1v) is 6.40. The smallest absolute Gasteiger partial charge is 0.257 e. The van der Waals surface area contributed by atoms with Crippen molar-refractivity contribution in [3.05, 3.63) is 58.5 Å². The predicted molar refractivity (Wildman–Crippen MR) is 74.6 cm³/mol. The van der Waals surface area contributed by atoms with Crippen molar-refractivity contribution in [2.75, 3.05) is 5.32 Å². The Morgan fingerprint density at radius 1 is 1.26 bits per heavy atom. The third kappa shape index (κ3) is 2.38. The Labute approximate surface area is 111 Å². The Kier molecular flexibility index (Phi) is 2.85. The first-order chi connectivity index (χ1) is 9.22. The number of amides is 1. The predicted octanol–water partition coefficient (Wildman–Crippen LogP) is 2.24.